The molecule has 4 rings (SSSR count). The van der Waals surface area contributed by atoms with Crippen LogP contribution in [-0.4, -0.2) is 22.6 Å². The highest BCUT2D eigenvalue weighted by atomic mass is 16.5. The van der Waals surface area contributed by atoms with Gasteiger partial charge in [0.2, 0.25) is 5.91 Å². The van der Waals surface area contributed by atoms with E-state index in [1.807, 2.05) is 12.1 Å². The van der Waals surface area contributed by atoms with Crippen LogP contribution in [0.1, 0.15) is 30.7 Å². The van der Waals surface area contributed by atoms with E-state index in [-0.39, 0.29) is 11.8 Å². The Morgan fingerprint density at radius 1 is 1.25 bits per heavy atom. The van der Waals surface area contributed by atoms with Gasteiger partial charge in [-0.05, 0) is 36.2 Å². The lowest BCUT2D eigenvalue weighted by molar-refractivity contribution is -0.117. The Morgan fingerprint density at radius 3 is 2.79 bits per heavy atom. The summed E-state index contributed by atoms with van der Waals surface area (Å²) in [4.78, 5) is 18.5. The second-order valence-electron chi connectivity index (χ2n) is 5.86. The first-order valence-electron chi connectivity index (χ1n) is 8.01. The maximum Gasteiger partial charge on any atom is 0.293 e. The van der Waals surface area contributed by atoms with Crippen LogP contribution in [0.2, 0.25) is 0 Å². The molecule has 0 radical (unpaired) electrons. The molecule has 1 aromatic carbocycles. The Bertz CT molecular complexity index is 837. The van der Waals surface area contributed by atoms with Gasteiger partial charge in [-0.3, -0.25) is 4.79 Å². The fourth-order valence-electron chi connectivity index (χ4n) is 2.94. The summed E-state index contributed by atoms with van der Waals surface area (Å²) < 4.78 is 10.5. The van der Waals surface area contributed by atoms with Crippen molar-refractivity contribution >= 4 is 11.6 Å². The van der Waals surface area contributed by atoms with Crippen molar-refractivity contribution in [3.8, 4) is 11.7 Å². The van der Waals surface area contributed by atoms with Gasteiger partial charge in [-0.15, -0.1) is 0 Å². The monoisotopic (exact) mass is 323 g/mol. The molecule has 1 aliphatic heterocycles. The molecule has 6 nitrogen and oxygen atoms in total. The van der Waals surface area contributed by atoms with Crippen molar-refractivity contribution in [2.45, 2.75) is 25.7 Å². The van der Waals surface area contributed by atoms with Gasteiger partial charge in [-0.25, -0.2) is 0 Å². The minimum Gasteiger partial charge on any atom is -0.459 e. The van der Waals surface area contributed by atoms with E-state index in [0.29, 0.717) is 30.4 Å². The van der Waals surface area contributed by atoms with E-state index in [9.17, 15) is 4.79 Å². The van der Waals surface area contributed by atoms with Crippen molar-refractivity contribution in [2.75, 3.05) is 11.4 Å². The zero-order valence-corrected chi connectivity index (χ0v) is 13.3. The minimum atomic E-state index is -0.0733. The number of aromatic nitrogens is 2. The third-order valence-corrected chi connectivity index (χ3v) is 4.32. The van der Waals surface area contributed by atoms with Crippen LogP contribution in [0.5, 0.6) is 0 Å². The molecule has 3 heterocycles. The molecule has 6 heteroatoms. The predicted octanol–water partition coefficient (Wildman–Crippen LogP) is 3.41. The number of furan rings is 1. The van der Waals surface area contributed by atoms with Crippen LogP contribution in [0.3, 0.4) is 0 Å². The number of hydrogen-bond acceptors (Lipinski definition) is 5. The quantitative estimate of drug-likeness (QED) is 0.735. The number of nitrogens with zero attached hydrogens (tertiary/aromatic N) is 3. The van der Waals surface area contributed by atoms with E-state index in [1.54, 1.807) is 23.3 Å². The van der Waals surface area contributed by atoms with Gasteiger partial charge < -0.3 is 13.8 Å². The molecular formula is C18H17N3O3. The molecule has 0 bridgehead atoms. The first-order chi connectivity index (χ1) is 11.7. The molecule has 1 unspecified atom stereocenters. The van der Waals surface area contributed by atoms with E-state index in [0.717, 1.165) is 12.1 Å². The molecule has 1 saturated heterocycles. The standard InChI is InChI=1S/C18H17N3O3/c1-2-12-5-7-14(8-6-12)21-11-13(10-16(21)22)17-19-18(24-20-17)15-4-3-9-23-15/h3-9,13H,2,10-11H2,1H3. The first kappa shape index (κ1) is 14.7. The van der Waals surface area contributed by atoms with Gasteiger partial charge in [0.15, 0.2) is 11.6 Å². The zero-order chi connectivity index (χ0) is 16.5. The number of hydrogen-bond donors (Lipinski definition) is 0. The SMILES string of the molecule is CCc1ccc(N2CC(c3noc(-c4ccco4)n3)CC2=O)cc1. The minimum absolute atomic E-state index is 0.0733. The Balaban J connectivity index is 1.53. The van der Waals surface area contributed by atoms with Crippen molar-refractivity contribution in [2.24, 2.45) is 0 Å². The van der Waals surface area contributed by atoms with Gasteiger partial charge in [-0.2, -0.15) is 4.98 Å². The van der Waals surface area contributed by atoms with E-state index in [1.165, 1.54) is 5.56 Å². The summed E-state index contributed by atoms with van der Waals surface area (Å²) in [5.74, 6) is 1.42. The second kappa shape index (κ2) is 5.96. The Hall–Kier alpha value is -2.89. The van der Waals surface area contributed by atoms with E-state index in [4.69, 9.17) is 8.94 Å². The fraction of sp³-hybridized carbons (Fsp3) is 0.278. The molecular weight excluding hydrogens is 306 g/mol. The van der Waals surface area contributed by atoms with Gasteiger partial charge in [-0.1, -0.05) is 24.2 Å². The van der Waals surface area contributed by atoms with E-state index >= 15 is 0 Å². The number of amides is 1. The number of aryl methyl sites for hydroxylation is 1. The molecule has 2 aromatic heterocycles. The second-order valence-corrected chi connectivity index (χ2v) is 5.86. The smallest absolute Gasteiger partial charge is 0.293 e. The number of carbonyl (C=O) groups is 1. The van der Waals surface area contributed by atoms with Crippen molar-refractivity contribution in [3.05, 3.63) is 54.0 Å². The Labute approximate surface area is 139 Å². The van der Waals surface area contributed by atoms with Gasteiger partial charge in [0.1, 0.15) is 0 Å². The topological polar surface area (TPSA) is 72.4 Å². The molecule has 122 valence electrons. The molecule has 1 aliphatic rings. The third kappa shape index (κ3) is 2.60. The lowest BCUT2D eigenvalue weighted by Gasteiger charge is -2.16. The number of rotatable bonds is 4. The summed E-state index contributed by atoms with van der Waals surface area (Å²) in [6.45, 7) is 2.67. The summed E-state index contributed by atoms with van der Waals surface area (Å²) in [6.07, 6.45) is 2.92. The lowest BCUT2D eigenvalue weighted by Crippen LogP contribution is -2.24. The average Bonchev–Trinajstić information content (AvgIpc) is 3.34. The van der Waals surface area contributed by atoms with Crippen LogP contribution in [0.4, 0.5) is 5.69 Å². The highest BCUT2D eigenvalue weighted by Gasteiger charge is 2.34. The summed E-state index contributed by atoms with van der Waals surface area (Å²) in [6, 6.07) is 11.6. The molecule has 1 amide bonds. The highest BCUT2D eigenvalue weighted by molar-refractivity contribution is 5.96. The van der Waals surface area contributed by atoms with Gasteiger partial charge in [0.25, 0.3) is 5.89 Å². The fourth-order valence-corrected chi connectivity index (χ4v) is 2.94. The molecule has 1 fully saturated rings. The van der Waals surface area contributed by atoms with Crippen LogP contribution in [0.25, 0.3) is 11.7 Å². The maximum absolute atomic E-state index is 12.4. The number of carbonyl (C=O) groups excluding carboxylic acids is 1. The van der Waals surface area contributed by atoms with Crippen molar-refractivity contribution < 1.29 is 13.7 Å². The molecule has 0 aliphatic carbocycles. The van der Waals surface area contributed by atoms with Crippen molar-refractivity contribution in [1.82, 2.24) is 10.1 Å². The van der Waals surface area contributed by atoms with Crippen LogP contribution < -0.4 is 4.90 Å². The van der Waals surface area contributed by atoms with Crippen molar-refractivity contribution in [3.63, 3.8) is 0 Å². The molecule has 3 aromatic rings. The van der Waals surface area contributed by atoms with E-state index < -0.39 is 0 Å². The Morgan fingerprint density at radius 2 is 2.08 bits per heavy atom. The molecule has 0 saturated carbocycles. The Kier molecular flexibility index (Phi) is 3.65. The zero-order valence-electron chi connectivity index (χ0n) is 13.3. The molecule has 24 heavy (non-hydrogen) atoms. The number of anilines is 1. The normalized spacial score (nSPS) is 17.6. The van der Waals surface area contributed by atoms with Crippen LogP contribution in [-0.2, 0) is 11.2 Å². The third-order valence-electron chi connectivity index (χ3n) is 4.32. The van der Waals surface area contributed by atoms with Crippen LogP contribution in [0.15, 0.2) is 51.6 Å². The summed E-state index contributed by atoms with van der Waals surface area (Å²) in [7, 11) is 0. The summed E-state index contributed by atoms with van der Waals surface area (Å²) >= 11 is 0. The van der Waals surface area contributed by atoms with Gasteiger partial charge in [0, 0.05) is 24.6 Å². The highest BCUT2D eigenvalue weighted by Crippen LogP contribution is 2.31. The molecule has 0 N–H and O–H groups in total. The average molecular weight is 323 g/mol. The predicted molar refractivity (Wildman–Crippen MR) is 87.5 cm³/mol. The molecule has 1 atom stereocenters. The molecule has 0 spiro atoms. The summed E-state index contributed by atoms with van der Waals surface area (Å²) in [5, 5.41) is 4.02. The van der Waals surface area contributed by atoms with E-state index in [2.05, 4.69) is 29.2 Å². The van der Waals surface area contributed by atoms with Gasteiger partial charge in [0.05, 0.1) is 6.26 Å². The maximum atomic E-state index is 12.4. The summed E-state index contributed by atoms with van der Waals surface area (Å²) in [5.41, 5.74) is 2.16. The van der Waals surface area contributed by atoms with Crippen LogP contribution in [0, 0.1) is 0 Å². The lowest BCUT2D eigenvalue weighted by atomic mass is 10.1. The largest absolute Gasteiger partial charge is 0.459 e. The first-order valence-corrected chi connectivity index (χ1v) is 8.01. The van der Waals surface area contributed by atoms with Crippen molar-refractivity contribution in [1.29, 1.82) is 0 Å². The number of benzene rings is 1. The van der Waals surface area contributed by atoms with Gasteiger partial charge >= 0.3 is 0 Å². The van der Waals surface area contributed by atoms with Crippen LogP contribution >= 0.6 is 0 Å².